The Morgan fingerprint density at radius 3 is 2.19 bits per heavy atom. The number of hydrogen-bond acceptors (Lipinski definition) is 1. The van der Waals surface area contributed by atoms with Crippen molar-refractivity contribution in [3.63, 3.8) is 0 Å². The molecule has 1 heteroatoms. The van der Waals surface area contributed by atoms with Gasteiger partial charge in [-0.25, -0.2) is 0 Å². The van der Waals surface area contributed by atoms with E-state index in [2.05, 4.69) is 111 Å². The van der Waals surface area contributed by atoms with E-state index < -0.39 is 0 Å². The van der Waals surface area contributed by atoms with Crippen LogP contribution < -0.4 is 4.74 Å². The highest BCUT2D eigenvalue weighted by molar-refractivity contribution is 6.04. The molecule has 0 fully saturated rings. The maximum Gasteiger partial charge on any atom is 0.135 e. The SMILES string of the molecule is CC1(C)c2ccccc2-c2c(-c3ccc4c(c3)Oc3cccc5cccc-4c35)cccc21. The van der Waals surface area contributed by atoms with Crippen LogP contribution in [0.3, 0.4) is 0 Å². The van der Waals surface area contributed by atoms with Crippen LogP contribution in [0.15, 0.2) is 97.1 Å². The minimum absolute atomic E-state index is 0.00122. The summed E-state index contributed by atoms with van der Waals surface area (Å²) in [5, 5.41) is 2.42. The van der Waals surface area contributed by atoms with Gasteiger partial charge in [0.25, 0.3) is 0 Å². The smallest absolute Gasteiger partial charge is 0.135 e. The molecule has 1 heterocycles. The zero-order valence-corrected chi connectivity index (χ0v) is 18.1. The minimum atomic E-state index is 0.00122. The van der Waals surface area contributed by atoms with Crippen molar-refractivity contribution in [1.29, 1.82) is 0 Å². The van der Waals surface area contributed by atoms with Gasteiger partial charge in [-0.05, 0) is 62.5 Å². The quantitative estimate of drug-likeness (QED) is 0.264. The molecule has 1 nitrogen and oxygen atoms in total. The second-order valence-electron chi connectivity index (χ2n) is 9.37. The summed E-state index contributed by atoms with van der Waals surface area (Å²) in [6.45, 7) is 4.66. The maximum absolute atomic E-state index is 6.44. The molecule has 0 spiro atoms. The molecule has 5 aromatic rings. The average Bonchev–Trinajstić information content (AvgIpc) is 3.06. The van der Waals surface area contributed by atoms with Gasteiger partial charge >= 0.3 is 0 Å². The first kappa shape index (κ1) is 17.8. The third-order valence-electron chi connectivity index (χ3n) is 7.28. The third-order valence-corrected chi connectivity index (χ3v) is 7.28. The van der Waals surface area contributed by atoms with Crippen molar-refractivity contribution in [2.75, 3.05) is 0 Å². The molecule has 0 saturated carbocycles. The van der Waals surface area contributed by atoms with Crippen molar-refractivity contribution in [3.8, 4) is 44.9 Å². The lowest BCUT2D eigenvalue weighted by Crippen LogP contribution is -2.14. The van der Waals surface area contributed by atoms with E-state index in [-0.39, 0.29) is 5.41 Å². The van der Waals surface area contributed by atoms with Crippen LogP contribution in [0.4, 0.5) is 0 Å². The second kappa shape index (κ2) is 6.11. The van der Waals surface area contributed by atoms with Crippen molar-refractivity contribution in [3.05, 3.63) is 108 Å². The molecule has 1 aliphatic carbocycles. The van der Waals surface area contributed by atoms with Crippen molar-refractivity contribution in [1.82, 2.24) is 0 Å². The predicted octanol–water partition coefficient (Wildman–Crippen LogP) is 8.59. The fraction of sp³-hybridized carbons (Fsp3) is 0.0968. The van der Waals surface area contributed by atoms with Crippen LogP contribution in [0.2, 0.25) is 0 Å². The van der Waals surface area contributed by atoms with Crippen LogP contribution in [0, 0.1) is 0 Å². The van der Waals surface area contributed by atoms with Gasteiger partial charge in [0.05, 0.1) is 0 Å². The van der Waals surface area contributed by atoms with Gasteiger partial charge in [0.1, 0.15) is 11.5 Å². The molecular weight excluding hydrogens is 388 g/mol. The van der Waals surface area contributed by atoms with Crippen LogP contribution >= 0.6 is 0 Å². The molecule has 0 N–H and O–H groups in total. The molecule has 0 aromatic heterocycles. The first-order valence-electron chi connectivity index (χ1n) is 11.2. The summed E-state index contributed by atoms with van der Waals surface area (Å²) in [6.07, 6.45) is 0. The molecule has 0 amide bonds. The topological polar surface area (TPSA) is 9.23 Å². The van der Waals surface area contributed by atoms with E-state index in [0.29, 0.717) is 0 Å². The largest absolute Gasteiger partial charge is 0.456 e. The second-order valence-corrected chi connectivity index (χ2v) is 9.37. The van der Waals surface area contributed by atoms with E-state index in [4.69, 9.17) is 4.74 Å². The van der Waals surface area contributed by atoms with Crippen LogP contribution in [-0.2, 0) is 5.41 Å². The van der Waals surface area contributed by atoms with Gasteiger partial charge in [-0.2, -0.15) is 0 Å². The first-order valence-corrected chi connectivity index (χ1v) is 11.2. The summed E-state index contributed by atoms with van der Waals surface area (Å²) in [5.74, 6) is 1.87. The van der Waals surface area contributed by atoms with E-state index in [1.165, 1.54) is 49.7 Å². The number of benzene rings is 5. The number of rotatable bonds is 1. The highest BCUT2D eigenvalue weighted by Crippen LogP contribution is 2.53. The highest BCUT2D eigenvalue weighted by Gasteiger charge is 2.36. The lowest BCUT2D eigenvalue weighted by Gasteiger charge is -2.23. The fourth-order valence-corrected chi connectivity index (χ4v) is 5.73. The monoisotopic (exact) mass is 410 g/mol. The zero-order valence-electron chi connectivity index (χ0n) is 18.1. The van der Waals surface area contributed by atoms with Gasteiger partial charge in [-0.1, -0.05) is 92.7 Å². The fourth-order valence-electron chi connectivity index (χ4n) is 5.73. The predicted molar refractivity (Wildman–Crippen MR) is 132 cm³/mol. The van der Waals surface area contributed by atoms with Gasteiger partial charge in [-0.3, -0.25) is 0 Å². The summed E-state index contributed by atoms with van der Waals surface area (Å²) < 4.78 is 6.44. The van der Waals surface area contributed by atoms with Crippen molar-refractivity contribution in [2.45, 2.75) is 19.3 Å². The van der Waals surface area contributed by atoms with Crippen LogP contribution in [0.1, 0.15) is 25.0 Å². The van der Waals surface area contributed by atoms with Gasteiger partial charge in [0.15, 0.2) is 0 Å². The molecule has 0 radical (unpaired) electrons. The molecule has 1 aliphatic heterocycles. The van der Waals surface area contributed by atoms with E-state index in [1.807, 2.05) is 0 Å². The summed E-state index contributed by atoms with van der Waals surface area (Å²) in [7, 11) is 0. The van der Waals surface area contributed by atoms with E-state index in [0.717, 1.165) is 17.1 Å². The maximum atomic E-state index is 6.44. The molecular formula is C31H22O. The molecule has 32 heavy (non-hydrogen) atoms. The van der Waals surface area contributed by atoms with Gasteiger partial charge in [0, 0.05) is 16.4 Å². The Kier molecular flexibility index (Phi) is 3.40. The Hall–Kier alpha value is -3.84. The lowest BCUT2D eigenvalue weighted by molar-refractivity contribution is 0.487. The van der Waals surface area contributed by atoms with Crippen molar-refractivity contribution < 1.29 is 4.74 Å². The Bertz CT molecular complexity index is 1570. The van der Waals surface area contributed by atoms with Crippen LogP contribution in [-0.4, -0.2) is 0 Å². The molecule has 0 bridgehead atoms. The Morgan fingerprint density at radius 2 is 1.28 bits per heavy atom. The van der Waals surface area contributed by atoms with Gasteiger partial charge < -0.3 is 4.74 Å². The highest BCUT2D eigenvalue weighted by atomic mass is 16.5. The van der Waals surface area contributed by atoms with Crippen LogP contribution in [0.25, 0.3) is 44.2 Å². The molecule has 0 saturated heterocycles. The molecule has 0 atom stereocenters. The molecule has 0 unspecified atom stereocenters. The Balaban J connectivity index is 1.46. The first-order chi connectivity index (χ1) is 15.6. The Labute approximate surface area is 187 Å². The summed E-state index contributed by atoms with van der Waals surface area (Å²) in [4.78, 5) is 0. The van der Waals surface area contributed by atoms with E-state index in [9.17, 15) is 0 Å². The van der Waals surface area contributed by atoms with Gasteiger partial charge in [0.2, 0.25) is 0 Å². The third kappa shape index (κ3) is 2.23. The average molecular weight is 411 g/mol. The number of fused-ring (bicyclic) bond motifs is 5. The van der Waals surface area contributed by atoms with Crippen LogP contribution in [0.5, 0.6) is 11.5 Å². The summed E-state index contributed by atoms with van der Waals surface area (Å²) in [6, 6.07) is 35.0. The normalized spacial score (nSPS) is 14.4. The Morgan fingerprint density at radius 1 is 0.562 bits per heavy atom. The van der Waals surface area contributed by atoms with Crippen molar-refractivity contribution in [2.24, 2.45) is 0 Å². The standard InChI is InChI=1S/C31H22O/c1-31(2)25-13-4-3-10-24(25)30-21(11-7-14-26(30)31)20-16-17-22-23-12-5-8-19-9-6-15-27(29(19)23)32-28(22)18-20/h3-18H,1-2H3. The summed E-state index contributed by atoms with van der Waals surface area (Å²) in [5.41, 5.74) is 10.4. The lowest BCUT2D eigenvalue weighted by atomic mass is 9.82. The molecule has 2 aliphatic rings. The molecule has 5 aromatic carbocycles. The van der Waals surface area contributed by atoms with E-state index >= 15 is 0 Å². The number of ether oxygens (including phenoxy) is 1. The zero-order chi connectivity index (χ0) is 21.4. The van der Waals surface area contributed by atoms with Gasteiger partial charge in [-0.15, -0.1) is 0 Å². The summed E-state index contributed by atoms with van der Waals surface area (Å²) >= 11 is 0. The number of hydrogen-bond donors (Lipinski definition) is 0. The molecule has 152 valence electrons. The molecule has 7 rings (SSSR count). The van der Waals surface area contributed by atoms with E-state index in [1.54, 1.807) is 0 Å². The minimum Gasteiger partial charge on any atom is -0.456 e. The van der Waals surface area contributed by atoms with Crippen molar-refractivity contribution >= 4 is 10.8 Å².